The summed E-state index contributed by atoms with van der Waals surface area (Å²) >= 11 is 0. The lowest BCUT2D eigenvalue weighted by molar-refractivity contribution is -0.181. The molecule has 1 aliphatic heterocycles. The molecule has 2 heterocycles. The van der Waals surface area contributed by atoms with Crippen molar-refractivity contribution in [1.29, 1.82) is 0 Å². The van der Waals surface area contributed by atoms with Gasteiger partial charge in [0.05, 0.1) is 33.5 Å². The molecular formula is C26H28N2O6. The zero-order chi connectivity index (χ0) is 24.0. The minimum absolute atomic E-state index is 0.137. The van der Waals surface area contributed by atoms with Gasteiger partial charge in [-0.15, -0.1) is 0 Å². The number of aromatic nitrogens is 1. The van der Waals surface area contributed by atoms with Crippen LogP contribution < -0.4 is 15.0 Å². The summed E-state index contributed by atoms with van der Waals surface area (Å²) in [5, 5.41) is 0. The zero-order valence-electron chi connectivity index (χ0n) is 19.5. The van der Waals surface area contributed by atoms with Gasteiger partial charge in [-0.05, 0) is 23.3 Å². The second-order valence-electron chi connectivity index (χ2n) is 8.28. The molecule has 0 bridgehead atoms. The molecule has 8 heteroatoms. The smallest absolute Gasteiger partial charge is 0.297 e. The largest absolute Gasteiger partial charge is 0.497 e. The van der Waals surface area contributed by atoms with Crippen molar-refractivity contribution in [3.63, 3.8) is 0 Å². The van der Waals surface area contributed by atoms with Gasteiger partial charge >= 0.3 is 0 Å². The third-order valence-electron chi connectivity index (χ3n) is 5.29. The van der Waals surface area contributed by atoms with E-state index >= 15 is 0 Å². The highest BCUT2D eigenvalue weighted by molar-refractivity contribution is 5.94. The van der Waals surface area contributed by atoms with Crippen LogP contribution in [0.5, 0.6) is 11.5 Å². The topological polar surface area (TPSA) is 88.1 Å². The van der Waals surface area contributed by atoms with E-state index in [9.17, 15) is 4.79 Å². The lowest BCUT2D eigenvalue weighted by atomic mass is 10.1. The Hall–Kier alpha value is -3.46. The molecule has 178 valence electrons. The molecular weight excluding hydrogens is 436 g/mol. The molecule has 1 aliphatic rings. The van der Waals surface area contributed by atoms with Gasteiger partial charge < -0.3 is 18.9 Å². The maximum atomic E-state index is 12.8. The summed E-state index contributed by atoms with van der Waals surface area (Å²) in [7, 11) is 1.63. The highest BCUT2D eigenvalue weighted by Crippen LogP contribution is 2.36. The highest BCUT2D eigenvalue weighted by atomic mass is 16.7. The van der Waals surface area contributed by atoms with Crippen LogP contribution in [0.25, 0.3) is 0 Å². The molecule has 0 radical (unpaired) electrons. The number of pyridine rings is 1. The number of hydrogen-bond acceptors (Lipinski definition) is 7. The summed E-state index contributed by atoms with van der Waals surface area (Å²) in [6, 6.07) is 17.2. The van der Waals surface area contributed by atoms with E-state index in [1.165, 1.54) is 0 Å². The van der Waals surface area contributed by atoms with E-state index in [-0.39, 0.29) is 18.9 Å². The molecule has 0 saturated carbocycles. The quantitative estimate of drug-likeness (QED) is 0.472. The Bertz CT molecular complexity index is 1120. The minimum atomic E-state index is -0.892. The van der Waals surface area contributed by atoms with Gasteiger partial charge in [-0.1, -0.05) is 42.5 Å². The zero-order valence-corrected chi connectivity index (χ0v) is 19.5. The SMILES string of the molecule is COc1ccc(COCc2cnc(C(=O)NOCc3ccccc3)c3c2COC(C)(C)O3)cc1. The number of rotatable bonds is 9. The summed E-state index contributed by atoms with van der Waals surface area (Å²) in [6.07, 6.45) is 1.62. The van der Waals surface area contributed by atoms with E-state index in [0.29, 0.717) is 19.0 Å². The Morgan fingerprint density at radius 1 is 1.03 bits per heavy atom. The fourth-order valence-electron chi connectivity index (χ4n) is 3.45. The molecule has 0 spiro atoms. The van der Waals surface area contributed by atoms with Crippen molar-refractivity contribution in [1.82, 2.24) is 10.5 Å². The molecule has 4 rings (SSSR count). The van der Waals surface area contributed by atoms with Crippen molar-refractivity contribution >= 4 is 5.91 Å². The molecule has 2 aromatic carbocycles. The minimum Gasteiger partial charge on any atom is -0.497 e. The molecule has 0 atom stereocenters. The van der Waals surface area contributed by atoms with Gasteiger partial charge in [-0.25, -0.2) is 10.5 Å². The van der Waals surface area contributed by atoms with Gasteiger partial charge in [0.25, 0.3) is 5.91 Å². The van der Waals surface area contributed by atoms with Gasteiger partial charge in [0.15, 0.2) is 11.4 Å². The van der Waals surface area contributed by atoms with Crippen LogP contribution in [0.2, 0.25) is 0 Å². The van der Waals surface area contributed by atoms with Crippen LogP contribution in [0, 0.1) is 0 Å². The van der Waals surface area contributed by atoms with Crippen molar-refractivity contribution in [2.45, 2.75) is 46.1 Å². The normalized spacial score (nSPS) is 14.1. The predicted octanol–water partition coefficient (Wildman–Crippen LogP) is 4.31. The number of fused-ring (bicyclic) bond motifs is 1. The van der Waals surface area contributed by atoms with Crippen molar-refractivity contribution in [2.75, 3.05) is 7.11 Å². The Kier molecular flexibility index (Phi) is 7.42. The molecule has 1 amide bonds. The fraction of sp³-hybridized carbons (Fsp3) is 0.308. The number of nitrogens with one attached hydrogen (secondary N) is 1. The van der Waals surface area contributed by atoms with Crippen molar-refractivity contribution in [3.05, 3.63) is 88.7 Å². The number of amides is 1. The molecule has 0 aliphatic carbocycles. The Morgan fingerprint density at radius 2 is 1.76 bits per heavy atom. The molecule has 34 heavy (non-hydrogen) atoms. The second kappa shape index (κ2) is 10.6. The van der Waals surface area contributed by atoms with E-state index < -0.39 is 11.7 Å². The summed E-state index contributed by atoms with van der Waals surface area (Å²) in [4.78, 5) is 22.6. The third kappa shape index (κ3) is 5.91. The predicted molar refractivity (Wildman–Crippen MR) is 124 cm³/mol. The number of carbonyl (C=O) groups is 1. The summed E-state index contributed by atoms with van der Waals surface area (Å²) < 4.78 is 22.9. The number of methoxy groups -OCH3 is 1. The van der Waals surface area contributed by atoms with E-state index in [0.717, 1.165) is 28.0 Å². The van der Waals surface area contributed by atoms with E-state index in [4.69, 9.17) is 23.8 Å². The van der Waals surface area contributed by atoms with Crippen molar-refractivity contribution < 1.29 is 28.6 Å². The standard InChI is InChI=1S/C26H28N2O6/c1-26(2)32-17-22-20(16-31-14-19-9-11-21(30-3)12-10-19)13-27-23(24(22)34-26)25(29)28-33-15-18-7-5-4-6-8-18/h4-13H,14-17H2,1-3H3,(H,28,29). The summed E-state index contributed by atoms with van der Waals surface area (Å²) in [5.74, 6) is -0.212. The maximum absolute atomic E-state index is 12.8. The molecule has 0 saturated heterocycles. The van der Waals surface area contributed by atoms with Crippen molar-refractivity contribution in [3.8, 4) is 11.5 Å². The molecule has 1 N–H and O–H groups in total. The lowest BCUT2D eigenvalue weighted by Crippen LogP contribution is -2.38. The van der Waals surface area contributed by atoms with E-state index in [2.05, 4.69) is 10.5 Å². The average molecular weight is 465 g/mol. The number of hydroxylamine groups is 1. The monoisotopic (exact) mass is 464 g/mol. The molecule has 1 aromatic heterocycles. The number of hydrogen-bond donors (Lipinski definition) is 1. The van der Waals surface area contributed by atoms with Crippen LogP contribution in [-0.4, -0.2) is 23.8 Å². The first-order valence-corrected chi connectivity index (χ1v) is 11.0. The van der Waals surface area contributed by atoms with Gasteiger partial charge in [-0.2, -0.15) is 0 Å². The molecule has 0 unspecified atom stereocenters. The number of nitrogens with zero attached hydrogens (tertiary/aromatic N) is 1. The average Bonchev–Trinajstić information content (AvgIpc) is 2.84. The maximum Gasteiger partial charge on any atom is 0.297 e. The molecule has 3 aromatic rings. The van der Waals surface area contributed by atoms with Gasteiger partial charge in [0.1, 0.15) is 5.75 Å². The first-order valence-electron chi connectivity index (χ1n) is 11.0. The molecule has 8 nitrogen and oxygen atoms in total. The van der Waals surface area contributed by atoms with Gasteiger partial charge in [-0.3, -0.25) is 9.63 Å². The van der Waals surface area contributed by atoms with Gasteiger partial charge in [0, 0.05) is 31.2 Å². The first kappa shape index (κ1) is 23.7. The van der Waals surface area contributed by atoms with Crippen molar-refractivity contribution in [2.24, 2.45) is 0 Å². The molecule has 0 fully saturated rings. The fourth-order valence-corrected chi connectivity index (χ4v) is 3.45. The van der Waals surface area contributed by atoms with Crippen LogP contribution in [0.3, 0.4) is 0 Å². The Balaban J connectivity index is 1.44. The third-order valence-corrected chi connectivity index (χ3v) is 5.29. The summed E-state index contributed by atoms with van der Waals surface area (Å²) in [6.45, 7) is 4.80. The number of carbonyl (C=O) groups excluding carboxylic acids is 1. The number of ether oxygens (including phenoxy) is 4. The van der Waals surface area contributed by atoms with Crippen LogP contribution >= 0.6 is 0 Å². The Labute approximate surface area is 198 Å². The highest BCUT2D eigenvalue weighted by Gasteiger charge is 2.33. The number of benzene rings is 2. The lowest BCUT2D eigenvalue weighted by Gasteiger charge is -2.34. The van der Waals surface area contributed by atoms with Crippen LogP contribution in [-0.2, 0) is 40.7 Å². The van der Waals surface area contributed by atoms with Crippen LogP contribution in [0.4, 0.5) is 0 Å². The van der Waals surface area contributed by atoms with E-state index in [1.54, 1.807) is 27.2 Å². The second-order valence-corrected chi connectivity index (χ2v) is 8.28. The van der Waals surface area contributed by atoms with Crippen LogP contribution in [0.15, 0.2) is 60.8 Å². The Morgan fingerprint density at radius 3 is 2.50 bits per heavy atom. The first-order chi connectivity index (χ1) is 16.4. The van der Waals surface area contributed by atoms with Crippen LogP contribution in [0.1, 0.15) is 46.6 Å². The van der Waals surface area contributed by atoms with Gasteiger partial charge in [0.2, 0.25) is 5.79 Å². The summed E-state index contributed by atoms with van der Waals surface area (Å²) in [5.41, 5.74) is 6.07. The van der Waals surface area contributed by atoms with E-state index in [1.807, 2.05) is 54.6 Å².